The summed E-state index contributed by atoms with van der Waals surface area (Å²) in [6.07, 6.45) is 9.39. The first-order valence-corrected chi connectivity index (χ1v) is 10.6. The molecule has 0 spiro atoms. The minimum absolute atomic E-state index is 0.00633. The number of aromatic nitrogens is 2. The fourth-order valence-electron chi connectivity index (χ4n) is 3.79. The molecule has 148 valence electrons. The number of nitrogens with one attached hydrogen (secondary N) is 1. The standard InChI is InChI=1S/C19H29N5O2S/c1-23(2)19(26)24-12-3-5-14(13-24)17(25)22-15-6-8-16(9-7-15)27-18-20-10-4-11-21-18/h4,10-11,14-16H,3,5-9,12-13H2,1-2H3,(H,22,25). The van der Waals surface area contributed by atoms with Gasteiger partial charge in [-0.25, -0.2) is 14.8 Å². The summed E-state index contributed by atoms with van der Waals surface area (Å²) >= 11 is 1.74. The number of rotatable bonds is 4. The zero-order valence-electron chi connectivity index (χ0n) is 16.1. The number of thioether (sulfide) groups is 1. The zero-order valence-corrected chi connectivity index (χ0v) is 17.0. The molecule has 1 aromatic rings. The second-order valence-electron chi connectivity index (χ2n) is 7.59. The SMILES string of the molecule is CN(C)C(=O)N1CCCC(C(=O)NC2CCC(Sc3ncccn3)CC2)C1. The van der Waals surface area contributed by atoms with Gasteiger partial charge in [0.05, 0.1) is 5.92 Å². The van der Waals surface area contributed by atoms with E-state index in [2.05, 4.69) is 15.3 Å². The van der Waals surface area contributed by atoms with Gasteiger partial charge >= 0.3 is 6.03 Å². The Labute approximate surface area is 165 Å². The lowest BCUT2D eigenvalue weighted by Gasteiger charge is -2.35. The summed E-state index contributed by atoms with van der Waals surface area (Å²) in [5.74, 6) is 0.0150. The molecule has 3 rings (SSSR count). The molecule has 1 unspecified atom stereocenters. The highest BCUT2D eigenvalue weighted by Gasteiger charge is 2.31. The predicted molar refractivity (Wildman–Crippen MR) is 105 cm³/mol. The average molecular weight is 392 g/mol. The van der Waals surface area contributed by atoms with Crippen LogP contribution in [-0.4, -0.2) is 70.2 Å². The second kappa shape index (κ2) is 9.39. The molecule has 0 aromatic carbocycles. The summed E-state index contributed by atoms with van der Waals surface area (Å²) in [5, 5.41) is 4.58. The van der Waals surface area contributed by atoms with Gasteiger partial charge in [-0.1, -0.05) is 11.8 Å². The van der Waals surface area contributed by atoms with Crippen molar-refractivity contribution in [2.75, 3.05) is 27.2 Å². The van der Waals surface area contributed by atoms with Crippen LogP contribution in [-0.2, 0) is 4.79 Å². The third kappa shape index (κ3) is 5.57. The molecule has 0 radical (unpaired) electrons. The van der Waals surface area contributed by atoms with E-state index in [0.717, 1.165) is 50.2 Å². The number of piperidine rings is 1. The summed E-state index contributed by atoms with van der Waals surface area (Å²) in [7, 11) is 3.51. The van der Waals surface area contributed by atoms with Crippen molar-refractivity contribution in [2.24, 2.45) is 5.92 Å². The van der Waals surface area contributed by atoms with Crippen molar-refractivity contribution in [1.29, 1.82) is 0 Å². The third-order valence-electron chi connectivity index (χ3n) is 5.28. The number of carbonyl (C=O) groups is 2. The third-order valence-corrected chi connectivity index (χ3v) is 6.51. The first-order chi connectivity index (χ1) is 13.0. The second-order valence-corrected chi connectivity index (χ2v) is 8.86. The van der Waals surface area contributed by atoms with E-state index in [0.29, 0.717) is 11.8 Å². The molecule has 0 bridgehead atoms. The highest BCUT2D eigenvalue weighted by Crippen LogP contribution is 2.32. The lowest BCUT2D eigenvalue weighted by atomic mass is 9.92. The molecule has 2 fully saturated rings. The Morgan fingerprint density at radius 2 is 1.85 bits per heavy atom. The number of urea groups is 1. The fraction of sp³-hybridized carbons (Fsp3) is 0.684. The Bertz CT molecular complexity index is 634. The number of hydrogen-bond donors (Lipinski definition) is 1. The molecule has 2 aliphatic rings. The van der Waals surface area contributed by atoms with Crippen LogP contribution in [0.1, 0.15) is 38.5 Å². The smallest absolute Gasteiger partial charge is 0.319 e. The molecule has 1 aromatic heterocycles. The van der Waals surface area contributed by atoms with Crippen molar-refractivity contribution < 1.29 is 9.59 Å². The molecule has 1 saturated carbocycles. The topological polar surface area (TPSA) is 78.4 Å². The van der Waals surface area contributed by atoms with E-state index in [1.54, 1.807) is 48.1 Å². The normalized spacial score (nSPS) is 25.7. The van der Waals surface area contributed by atoms with Gasteiger partial charge in [0.2, 0.25) is 5.91 Å². The summed E-state index contributed by atoms with van der Waals surface area (Å²) in [6, 6.07) is 2.06. The zero-order chi connectivity index (χ0) is 19.2. The molecule has 8 heteroatoms. The molecule has 27 heavy (non-hydrogen) atoms. The van der Waals surface area contributed by atoms with E-state index in [-0.39, 0.29) is 23.9 Å². The monoisotopic (exact) mass is 391 g/mol. The summed E-state index contributed by atoms with van der Waals surface area (Å²) in [6.45, 7) is 1.27. The Morgan fingerprint density at radius 1 is 1.15 bits per heavy atom. The molecule has 1 aliphatic heterocycles. The largest absolute Gasteiger partial charge is 0.353 e. The van der Waals surface area contributed by atoms with E-state index in [4.69, 9.17) is 0 Å². The van der Waals surface area contributed by atoms with Crippen LogP contribution in [0, 0.1) is 5.92 Å². The van der Waals surface area contributed by atoms with Gasteiger partial charge in [-0.3, -0.25) is 4.79 Å². The van der Waals surface area contributed by atoms with Crippen molar-refractivity contribution in [3.05, 3.63) is 18.5 Å². The van der Waals surface area contributed by atoms with Gasteiger partial charge in [-0.2, -0.15) is 0 Å². The lowest BCUT2D eigenvalue weighted by Crippen LogP contribution is -2.50. The van der Waals surface area contributed by atoms with Crippen molar-refractivity contribution in [3.63, 3.8) is 0 Å². The molecule has 2 heterocycles. The maximum absolute atomic E-state index is 12.7. The van der Waals surface area contributed by atoms with Crippen LogP contribution in [0.5, 0.6) is 0 Å². The number of hydrogen-bond acceptors (Lipinski definition) is 5. The molecular formula is C19H29N5O2S. The molecule has 7 nitrogen and oxygen atoms in total. The molecule has 1 saturated heterocycles. The van der Waals surface area contributed by atoms with E-state index < -0.39 is 0 Å². The van der Waals surface area contributed by atoms with E-state index >= 15 is 0 Å². The predicted octanol–water partition coefficient (Wildman–Crippen LogP) is 2.39. The molecule has 3 amide bonds. The van der Waals surface area contributed by atoms with Gasteiger partial charge in [0.15, 0.2) is 5.16 Å². The van der Waals surface area contributed by atoms with E-state index in [1.165, 1.54) is 0 Å². The van der Waals surface area contributed by atoms with Crippen LogP contribution in [0.3, 0.4) is 0 Å². The molecule has 1 N–H and O–H groups in total. The van der Waals surface area contributed by atoms with Crippen LogP contribution in [0.2, 0.25) is 0 Å². The highest BCUT2D eigenvalue weighted by atomic mass is 32.2. The molecule has 1 atom stereocenters. The Balaban J connectivity index is 1.43. The quantitative estimate of drug-likeness (QED) is 0.798. The van der Waals surface area contributed by atoms with Gasteiger partial charge in [-0.05, 0) is 44.6 Å². The Hall–Kier alpha value is -1.83. The number of amides is 3. The van der Waals surface area contributed by atoms with Gasteiger partial charge in [-0.15, -0.1) is 0 Å². The van der Waals surface area contributed by atoms with E-state index in [1.807, 2.05) is 6.07 Å². The molecular weight excluding hydrogens is 362 g/mol. The van der Waals surface area contributed by atoms with Gasteiger partial charge in [0.25, 0.3) is 0 Å². The Morgan fingerprint density at radius 3 is 2.52 bits per heavy atom. The highest BCUT2D eigenvalue weighted by molar-refractivity contribution is 7.99. The first kappa shape index (κ1) is 19.9. The van der Waals surface area contributed by atoms with Crippen LogP contribution >= 0.6 is 11.8 Å². The summed E-state index contributed by atoms with van der Waals surface area (Å²) < 4.78 is 0. The van der Waals surface area contributed by atoms with E-state index in [9.17, 15) is 9.59 Å². The number of carbonyl (C=O) groups excluding carboxylic acids is 2. The van der Waals surface area contributed by atoms with Gasteiger partial charge in [0, 0.05) is 50.9 Å². The Kier molecular flexibility index (Phi) is 6.93. The minimum Gasteiger partial charge on any atom is -0.353 e. The van der Waals surface area contributed by atoms with Crippen LogP contribution in [0.15, 0.2) is 23.6 Å². The number of nitrogens with zero attached hydrogens (tertiary/aromatic N) is 4. The van der Waals surface area contributed by atoms with Gasteiger partial charge < -0.3 is 15.1 Å². The fourth-order valence-corrected chi connectivity index (χ4v) is 4.84. The maximum atomic E-state index is 12.7. The van der Waals surface area contributed by atoms with Crippen molar-refractivity contribution in [1.82, 2.24) is 25.1 Å². The van der Waals surface area contributed by atoms with Crippen LogP contribution in [0.4, 0.5) is 4.79 Å². The molecule has 1 aliphatic carbocycles. The van der Waals surface area contributed by atoms with Crippen LogP contribution in [0.25, 0.3) is 0 Å². The van der Waals surface area contributed by atoms with Crippen molar-refractivity contribution >= 4 is 23.7 Å². The van der Waals surface area contributed by atoms with Crippen molar-refractivity contribution in [3.8, 4) is 0 Å². The maximum Gasteiger partial charge on any atom is 0.319 e. The first-order valence-electron chi connectivity index (χ1n) is 9.73. The lowest BCUT2D eigenvalue weighted by molar-refractivity contribution is -0.127. The average Bonchev–Trinajstić information content (AvgIpc) is 2.69. The van der Waals surface area contributed by atoms with Gasteiger partial charge in [0.1, 0.15) is 0 Å². The summed E-state index contributed by atoms with van der Waals surface area (Å²) in [5.41, 5.74) is 0. The summed E-state index contributed by atoms with van der Waals surface area (Å²) in [4.78, 5) is 36.8. The minimum atomic E-state index is -0.0903. The van der Waals surface area contributed by atoms with Crippen LogP contribution < -0.4 is 5.32 Å². The van der Waals surface area contributed by atoms with Crippen molar-refractivity contribution in [2.45, 2.75) is 55.0 Å². The number of likely N-dealkylation sites (tertiary alicyclic amines) is 1.